The fourth-order valence-corrected chi connectivity index (χ4v) is 5.29. The van der Waals surface area contributed by atoms with E-state index in [1.165, 1.54) is 60.7 Å². The monoisotopic (exact) mass is 580 g/mol. The number of phenols is 8. The SMILES string of the molecule is CC1=CC(c2cc(/C=C/c3cc(O)cc(O)c3)c(O)cc2O)=C(C(=O)c2ccc(O)cc2O)C(c2ccc(O)cc2O)C1. The van der Waals surface area contributed by atoms with Crippen LogP contribution in [0.5, 0.6) is 46.0 Å². The predicted molar refractivity (Wildman–Crippen MR) is 160 cm³/mol. The van der Waals surface area contributed by atoms with Crippen molar-refractivity contribution in [3.63, 3.8) is 0 Å². The summed E-state index contributed by atoms with van der Waals surface area (Å²) in [6, 6.07) is 14.1. The predicted octanol–water partition coefficient (Wildman–Crippen LogP) is 6.27. The van der Waals surface area contributed by atoms with Gasteiger partial charge in [0.25, 0.3) is 0 Å². The molecule has 1 unspecified atom stereocenters. The second-order valence-corrected chi connectivity index (χ2v) is 10.4. The Labute approximate surface area is 246 Å². The van der Waals surface area contributed by atoms with Crippen LogP contribution >= 0.6 is 0 Å². The van der Waals surface area contributed by atoms with Crippen LogP contribution < -0.4 is 0 Å². The number of Topliss-reactive ketones (excluding diaryl/α,β-unsaturated/α-hetero) is 1. The first kappa shape index (κ1) is 28.7. The van der Waals surface area contributed by atoms with E-state index in [9.17, 15) is 45.6 Å². The topological polar surface area (TPSA) is 179 Å². The summed E-state index contributed by atoms with van der Waals surface area (Å²) in [6.07, 6.45) is 5.02. The van der Waals surface area contributed by atoms with Crippen LogP contribution in [-0.2, 0) is 0 Å². The van der Waals surface area contributed by atoms with Crippen molar-refractivity contribution >= 4 is 23.5 Å². The third-order valence-corrected chi connectivity index (χ3v) is 7.23. The normalized spacial score (nSPS) is 15.1. The molecule has 5 rings (SSSR count). The molecule has 1 atom stereocenters. The zero-order valence-corrected chi connectivity index (χ0v) is 22.9. The van der Waals surface area contributed by atoms with Crippen molar-refractivity contribution in [2.45, 2.75) is 19.3 Å². The lowest BCUT2D eigenvalue weighted by Crippen LogP contribution is -2.18. The molecule has 8 N–H and O–H groups in total. The Morgan fingerprint density at radius 1 is 0.674 bits per heavy atom. The Morgan fingerprint density at radius 2 is 1.33 bits per heavy atom. The average Bonchev–Trinajstić information content (AvgIpc) is 2.91. The lowest BCUT2D eigenvalue weighted by Gasteiger charge is -2.29. The van der Waals surface area contributed by atoms with Gasteiger partial charge in [-0.15, -0.1) is 0 Å². The van der Waals surface area contributed by atoms with Gasteiger partial charge in [-0.3, -0.25) is 4.79 Å². The van der Waals surface area contributed by atoms with Crippen LogP contribution in [0.1, 0.15) is 51.9 Å². The molecule has 0 saturated carbocycles. The van der Waals surface area contributed by atoms with Crippen LogP contribution in [0.4, 0.5) is 0 Å². The molecule has 0 saturated heterocycles. The average molecular weight is 581 g/mol. The molecule has 0 spiro atoms. The molecule has 1 aliphatic carbocycles. The minimum atomic E-state index is -0.774. The first-order valence-corrected chi connectivity index (χ1v) is 13.2. The number of rotatable bonds is 6. The van der Waals surface area contributed by atoms with Crippen LogP contribution in [0.2, 0.25) is 0 Å². The molecule has 0 bridgehead atoms. The molecule has 43 heavy (non-hydrogen) atoms. The highest BCUT2D eigenvalue weighted by Crippen LogP contribution is 2.48. The van der Waals surface area contributed by atoms with Gasteiger partial charge in [0, 0.05) is 52.4 Å². The van der Waals surface area contributed by atoms with E-state index in [-0.39, 0.29) is 74.5 Å². The molecule has 0 aliphatic heterocycles. The number of hydrogen-bond donors (Lipinski definition) is 8. The quantitative estimate of drug-likeness (QED) is 0.0963. The molecule has 4 aromatic carbocycles. The van der Waals surface area contributed by atoms with Crippen LogP contribution in [0.15, 0.2) is 84.0 Å². The van der Waals surface area contributed by atoms with E-state index in [0.29, 0.717) is 11.1 Å². The summed E-state index contributed by atoms with van der Waals surface area (Å²) in [7, 11) is 0. The van der Waals surface area contributed by atoms with Gasteiger partial charge in [-0.05, 0) is 60.9 Å². The van der Waals surface area contributed by atoms with E-state index in [1.807, 2.05) is 6.92 Å². The summed E-state index contributed by atoms with van der Waals surface area (Å²) >= 11 is 0. The first-order chi connectivity index (χ1) is 20.4. The Kier molecular flexibility index (Phi) is 7.48. The summed E-state index contributed by atoms with van der Waals surface area (Å²) in [5.74, 6) is -3.50. The maximum absolute atomic E-state index is 14.2. The largest absolute Gasteiger partial charge is 0.508 e. The summed E-state index contributed by atoms with van der Waals surface area (Å²) in [5, 5.41) is 82.3. The van der Waals surface area contributed by atoms with Crippen molar-refractivity contribution in [2.24, 2.45) is 0 Å². The van der Waals surface area contributed by atoms with Gasteiger partial charge in [0.2, 0.25) is 0 Å². The van der Waals surface area contributed by atoms with Gasteiger partial charge in [0.05, 0.1) is 5.56 Å². The number of ketones is 1. The number of allylic oxidation sites excluding steroid dienone is 4. The molecule has 9 heteroatoms. The molecular weight excluding hydrogens is 552 g/mol. The Hall–Kier alpha value is -5.83. The molecule has 0 heterocycles. The summed E-state index contributed by atoms with van der Waals surface area (Å²) in [5.41, 5.74) is 2.21. The van der Waals surface area contributed by atoms with Gasteiger partial charge in [0.1, 0.15) is 46.0 Å². The number of phenolic OH excluding ortho intramolecular Hbond substituents is 8. The van der Waals surface area contributed by atoms with Gasteiger partial charge in [-0.25, -0.2) is 0 Å². The summed E-state index contributed by atoms with van der Waals surface area (Å²) in [4.78, 5) is 14.2. The van der Waals surface area contributed by atoms with Gasteiger partial charge in [-0.2, -0.15) is 0 Å². The zero-order valence-electron chi connectivity index (χ0n) is 22.9. The molecule has 0 aromatic heterocycles. The number of carbonyl (C=O) groups is 1. The minimum absolute atomic E-state index is 0.112. The van der Waals surface area contributed by atoms with E-state index in [0.717, 1.165) is 23.8 Å². The highest BCUT2D eigenvalue weighted by atomic mass is 16.3. The van der Waals surface area contributed by atoms with E-state index >= 15 is 0 Å². The Balaban J connectivity index is 1.74. The van der Waals surface area contributed by atoms with Crippen molar-refractivity contribution in [2.75, 3.05) is 0 Å². The molecule has 0 radical (unpaired) electrons. The Morgan fingerprint density at radius 3 is 1.98 bits per heavy atom. The number of carbonyl (C=O) groups excluding carboxylic acids is 1. The van der Waals surface area contributed by atoms with E-state index in [1.54, 1.807) is 6.08 Å². The molecule has 218 valence electrons. The second kappa shape index (κ2) is 11.2. The molecule has 1 aliphatic rings. The van der Waals surface area contributed by atoms with E-state index in [2.05, 4.69) is 0 Å². The van der Waals surface area contributed by atoms with Crippen molar-refractivity contribution in [1.82, 2.24) is 0 Å². The van der Waals surface area contributed by atoms with Gasteiger partial charge < -0.3 is 40.9 Å². The maximum Gasteiger partial charge on any atom is 0.193 e. The molecule has 0 fully saturated rings. The maximum atomic E-state index is 14.2. The fraction of sp³-hybridized carbons (Fsp3) is 0.0882. The number of benzene rings is 4. The minimum Gasteiger partial charge on any atom is -0.508 e. The zero-order chi connectivity index (χ0) is 31.0. The second-order valence-electron chi connectivity index (χ2n) is 10.4. The number of hydrogen-bond acceptors (Lipinski definition) is 9. The fourth-order valence-electron chi connectivity index (χ4n) is 5.29. The van der Waals surface area contributed by atoms with Crippen molar-refractivity contribution in [3.8, 4) is 46.0 Å². The molecule has 4 aromatic rings. The highest BCUT2D eigenvalue weighted by Gasteiger charge is 2.34. The third-order valence-electron chi connectivity index (χ3n) is 7.23. The van der Waals surface area contributed by atoms with Gasteiger partial charge in [0.15, 0.2) is 5.78 Å². The number of aromatic hydroxyl groups is 8. The van der Waals surface area contributed by atoms with E-state index in [4.69, 9.17) is 0 Å². The lowest BCUT2D eigenvalue weighted by molar-refractivity contribution is 0.102. The van der Waals surface area contributed by atoms with Crippen LogP contribution in [0.3, 0.4) is 0 Å². The molecular formula is C34H28O9. The van der Waals surface area contributed by atoms with Crippen LogP contribution in [-0.4, -0.2) is 46.6 Å². The van der Waals surface area contributed by atoms with Crippen molar-refractivity contribution < 1.29 is 45.6 Å². The lowest BCUT2D eigenvalue weighted by atomic mass is 9.74. The Bertz CT molecular complexity index is 1840. The molecule has 0 amide bonds. The van der Waals surface area contributed by atoms with Gasteiger partial charge in [-0.1, -0.05) is 29.9 Å². The highest BCUT2D eigenvalue weighted by molar-refractivity contribution is 6.17. The smallest absolute Gasteiger partial charge is 0.193 e. The third kappa shape index (κ3) is 5.82. The van der Waals surface area contributed by atoms with Crippen LogP contribution in [0, 0.1) is 0 Å². The van der Waals surface area contributed by atoms with Crippen molar-refractivity contribution in [3.05, 3.63) is 112 Å². The van der Waals surface area contributed by atoms with Gasteiger partial charge >= 0.3 is 0 Å². The van der Waals surface area contributed by atoms with Crippen molar-refractivity contribution in [1.29, 1.82) is 0 Å². The first-order valence-electron chi connectivity index (χ1n) is 13.2. The van der Waals surface area contributed by atoms with E-state index < -0.39 is 17.5 Å². The van der Waals surface area contributed by atoms with Crippen LogP contribution in [0.25, 0.3) is 17.7 Å². The summed E-state index contributed by atoms with van der Waals surface area (Å²) in [6.45, 7) is 1.82. The standard InChI is InChI=1S/C34H28O9/c1-17-8-27(24-6-4-20(35)14-30(24)40)33(34(43)25-7-5-21(36)15-31(25)41)28(9-17)26-12-19(29(39)16-32(26)42)3-2-18-10-22(37)13-23(38)11-18/h2-7,9-16,27,35-42H,8H2,1H3/b3-2+. The molecule has 9 nitrogen and oxygen atoms in total. The summed E-state index contributed by atoms with van der Waals surface area (Å²) < 4.78 is 0.